The summed E-state index contributed by atoms with van der Waals surface area (Å²) in [6.07, 6.45) is 5.80. The summed E-state index contributed by atoms with van der Waals surface area (Å²) < 4.78 is 3.94. The number of aryl methyl sites for hydroxylation is 1. The quantitative estimate of drug-likeness (QED) is 0.773. The average molecular weight is 291 g/mol. The molecule has 0 aromatic carbocycles. The Bertz CT molecular complexity index is 543. The lowest BCUT2D eigenvalue weighted by molar-refractivity contribution is 0.294. The minimum absolute atomic E-state index is 0.457. The van der Waals surface area contributed by atoms with E-state index in [1.165, 1.54) is 0 Å². The van der Waals surface area contributed by atoms with Crippen LogP contribution in [0.25, 0.3) is 0 Å². The van der Waals surface area contributed by atoms with Crippen LogP contribution in [-0.2, 0) is 26.7 Å². The molecule has 0 aliphatic carbocycles. The highest BCUT2D eigenvalue weighted by molar-refractivity contribution is 4.92. The number of nitrogens with one attached hydrogen (secondary N) is 1. The SMILES string of the molecule is CC(C)NCc1cn(CCN(C)Cc2nccn2C)nn1. The number of likely N-dealkylation sites (N-methyl/N-ethyl adjacent to an activating group) is 1. The summed E-state index contributed by atoms with van der Waals surface area (Å²) in [6.45, 7) is 7.58. The summed E-state index contributed by atoms with van der Waals surface area (Å²) in [5.41, 5.74) is 0.982. The van der Waals surface area contributed by atoms with Gasteiger partial charge in [-0.3, -0.25) is 9.58 Å². The van der Waals surface area contributed by atoms with E-state index in [4.69, 9.17) is 0 Å². The zero-order chi connectivity index (χ0) is 15.2. The van der Waals surface area contributed by atoms with Crippen LogP contribution in [0.3, 0.4) is 0 Å². The lowest BCUT2D eigenvalue weighted by atomic mass is 10.3. The fraction of sp³-hybridized carbons (Fsp3) is 0.643. The predicted octanol–water partition coefficient (Wildman–Crippen LogP) is 0.642. The molecular formula is C14H25N7. The fourth-order valence-corrected chi connectivity index (χ4v) is 1.98. The Labute approximate surface area is 126 Å². The number of aromatic nitrogens is 5. The lowest BCUT2D eigenvalue weighted by Gasteiger charge is -2.15. The van der Waals surface area contributed by atoms with Gasteiger partial charge in [-0.15, -0.1) is 5.10 Å². The van der Waals surface area contributed by atoms with Crippen LogP contribution >= 0.6 is 0 Å². The smallest absolute Gasteiger partial charge is 0.122 e. The molecule has 2 aromatic heterocycles. The second-order valence-corrected chi connectivity index (χ2v) is 5.70. The molecule has 0 aliphatic rings. The predicted molar refractivity (Wildman–Crippen MR) is 81.5 cm³/mol. The molecule has 0 bridgehead atoms. The second kappa shape index (κ2) is 7.33. The van der Waals surface area contributed by atoms with Crippen LogP contribution in [0.1, 0.15) is 25.4 Å². The molecule has 0 fully saturated rings. The second-order valence-electron chi connectivity index (χ2n) is 5.70. The molecule has 2 heterocycles. The highest BCUT2D eigenvalue weighted by atomic mass is 15.4. The first-order valence-corrected chi connectivity index (χ1v) is 7.31. The molecule has 0 saturated heterocycles. The Kier molecular flexibility index (Phi) is 5.46. The molecular weight excluding hydrogens is 266 g/mol. The molecule has 0 radical (unpaired) electrons. The van der Waals surface area contributed by atoms with Crippen molar-refractivity contribution in [2.75, 3.05) is 13.6 Å². The Hall–Kier alpha value is -1.73. The van der Waals surface area contributed by atoms with Gasteiger partial charge in [-0.05, 0) is 7.05 Å². The van der Waals surface area contributed by atoms with Crippen molar-refractivity contribution in [2.45, 2.75) is 39.5 Å². The van der Waals surface area contributed by atoms with Gasteiger partial charge in [-0.25, -0.2) is 4.98 Å². The van der Waals surface area contributed by atoms with Gasteiger partial charge in [-0.1, -0.05) is 19.1 Å². The van der Waals surface area contributed by atoms with E-state index >= 15 is 0 Å². The largest absolute Gasteiger partial charge is 0.337 e. The van der Waals surface area contributed by atoms with Gasteiger partial charge < -0.3 is 9.88 Å². The van der Waals surface area contributed by atoms with Gasteiger partial charge in [0.2, 0.25) is 0 Å². The van der Waals surface area contributed by atoms with Crippen LogP contribution in [0.5, 0.6) is 0 Å². The van der Waals surface area contributed by atoms with Crippen molar-refractivity contribution in [3.05, 3.63) is 30.1 Å². The van der Waals surface area contributed by atoms with Crippen molar-refractivity contribution >= 4 is 0 Å². The van der Waals surface area contributed by atoms with Crippen LogP contribution in [0.4, 0.5) is 0 Å². The number of hydrogen-bond acceptors (Lipinski definition) is 5. The highest BCUT2D eigenvalue weighted by Gasteiger charge is 2.06. The van der Waals surface area contributed by atoms with Crippen LogP contribution in [0, 0.1) is 0 Å². The molecule has 0 amide bonds. The third-order valence-electron chi connectivity index (χ3n) is 3.32. The minimum atomic E-state index is 0.457. The van der Waals surface area contributed by atoms with Crippen LogP contribution in [0.15, 0.2) is 18.6 Å². The van der Waals surface area contributed by atoms with E-state index in [0.29, 0.717) is 6.04 Å². The van der Waals surface area contributed by atoms with Crippen molar-refractivity contribution < 1.29 is 0 Å². The van der Waals surface area contributed by atoms with Crippen molar-refractivity contribution in [2.24, 2.45) is 7.05 Å². The summed E-state index contributed by atoms with van der Waals surface area (Å²) in [6, 6.07) is 0.457. The minimum Gasteiger partial charge on any atom is -0.337 e. The molecule has 0 saturated carbocycles. The summed E-state index contributed by atoms with van der Waals surface area (Å²) in [4.78, 5) is 6.57. The van der Waals surface area contributed by atoms with Gasteiger partial charge in [0, 0.05) is 44.8 Å². The van der Waals surface area contributed by atoms with Crippen LogP contribution in [0.2, 0.25) is 0 Å². The molecule has 1 N–H and O–H groups in total. The summed E-state index contributed by atoms with van der Waals surface area (Å²) >= 11 is 0. The molecule has 0 spiro atoms. The maximum atomic E-state index is 4.33. The topological polar surface area (TPSA) is 63.8 Å². The summed E-state index contributed by atoms with van der Waals surface area (Å²) in [7, 11) is 4.11. The van der Waals surface area contributed by atoms with E-state index in [1.807, 2.05) is 34.9 Å². The Morgan fingerprint density at radius 3 is 2.86 bits per heavy atom. The number of imidazole rings is 1. The van der Waals surface area contributed by atoms with Gasteiger partial charge in [0.1, 0.15) is 5.82 Å². The Morgan fingerprint density at radius 1 is 1.38 bits per heavy atom. The third-order valence-corrected chi connectivity index (χ3v) is 3.32. The van der Waals surface area contributed by atoms with Gasteiger partial charge in [0.25, 0.3) is 0 Å². The molecule has 21 heavy (non-hydrogen) atoms. The van der Waals surface area contributed by atoms with Gasteiger partial charge in [0.15, 0.2) is 0 Å². The van der Waals surface area contributed by atoms with Crippen molar-refractivity contribution in [1.29, 1.82) is 0 Å². The first-order valence-electron chi connectivity index (χ1n) is 7.31. The molecule has 7 nitrogen and oxygen atoms in total. The van der Waals surface area contributed by atoms with E-state index < -0.39 is 0 Å². The van der Waals surface area contributed by atoms with Crippen molar-refractivity contribution in [3.63, 3.8) is 0 Å². The zero-order valence-corrected chi connectivity index (χ0v) is 13.3. The fourth-order valence-electron chi connectivity index (χ4n) is 1.98. The first kappa shape index (κ1) is 15.7. The average Bonchev–Trinajstić information content (AvgIpc) is 3.04. The van der Waals surface area contributed by atoms with E-state index in [0.717, 1.165) is 37.7 Å². The molecule has 0 unspecified atom stereocenters. The monoisotopic (exact) mass is 291 g/mol. The normalized spacial score (nSPS) is 11.7. The van der Waals surface area contributed by atoms with Gasteiger partial charge in [-0.2, -0.15) is 0 Å². The standard InChI is InChI=1S/C14H25N7/c1-12(2)16-9-13-10-21(18-17-13)8-7-19(3)11-14-15-5-6-20(14)4/h5-6,10,12,16H,7-9,11H2,1-4H3. The maximum absolute atomic E-state index is 4.33. The molecule has 116 valence electrons. The molecule has 2 aromatic rings. The number of rotatable bonds is 8. The van der Waals surface area contributed by atoms with E-state index in [1.54, 1.807) is 0 Å². The van der Waals surface area contributed by atoms with Gasteiger partial charge >= 0.3 is 0 Å². The first-order chi connectivity index (χ1) is 10.0. The molecule has 0 aliphatic heterocycles. The Morgan fingerprint density at radius 2 is 2.19 bits per heavy atom. The van der Waals surface area contributed by atoms with E-state index in [2.05, 4.69) is 46.4 Å². The Balaban J connectivity index is 1.76. The van der Waals surface area contributed by atoms with Gasteiger partial charge in [0.05, 0.1) is 18.8 Å². The number of hydrogen-bond donors (Lipinski definition) is 1. The maximum Gasteiger partial charge on any atom is 0.122 e. The summed E-state index contributed by atoms with van der Waals surface area (Å²) in [5, 5.41) is 11.7. The van der Waals surface area contributed by atoms with Crippen molar-refractivity contribution in [3.8, 4) is 0 Å². The van der Waals surface area contributed by atoms with Crippen molar-refractivity contribution in [1.82, 2.24) is 34.8 Å². The molecule has 7 heteroatoms. The lowest BCUT2D eigenvalue weighted by Crippen LogP contribution is -2.24. The van der Waals surface area contributed by atoms with Crippen LogP contribution in [-0.4, -0.2) is 49.1 Å². The molecule has 0 atom stereocenters. The molecule has 2 rings (SSSR count). The zero-order valence-electron chi connectivity index (χ0n) is 13.3. The van der Waals surface area contributed by atoms with E-state index in [9.17, 15) is 0 Å². The third kappa shape index (κ3) is 4.95. The highest BCUT2D eigenvalue weighted by Crippen LogP contribution is 2.00. The van der Waals surface area contributed by atoms with Crippen LogP contribution < -0.4 is 5.32 Å². The summed E-state index contributed by atoms with van der Waals surface area (Å²) in [5.74, 6) is 1.07. The van der Waals surface area contributed by atoms with E-state index in [-0.39, 0.29) is 0 Å². The number of nitrogens with zero attached hydrogens (tertiary/aromatic N) is 6.